The summed E-state index contributed by atoms with van der Waals surface area (Å²) >= 11 is 0. The Morgan fingerprint density at radius 2 is 2.32 bits per heavy atom. The molecule has 0 bridgehead atoms. The van der Waals surface area contributed by atoms with Crippen LogP contribution in [0, 0.1) is 12.8 Å². The maximum Gasteiger partial charge on any atom is 0.323 e. The maximum absolute atomic E-state index is 12.6. The second-order valence-corrected chi connectivity index (χ2v) is 6.08. The molecule has 3 rings (SSSR count). The minimum Gasteiger partial charge on any atom is -0.467 e. The van der Waals surface area contributed by atoms with Crippen molar-refractivity contribution in [2.75, 3.05) is 11.9 Å². The highest BCUT2D eigenvalue weighted by molar-refractivity contribution is 5.88. The van der Waals surface area contributed by atoms with E-state index in [1.807, 2.05) is 37.1 Å². The van der Waals surface area contributed by atoms with Crippen LogP contribution in [0.15, 0.2) is 28.9 Å². The minimum absolute atomic E-state index is 0.0106. The first-order valence-corrected chi connectivity index (χ1v) is 7.66. The van der Waals surface area contributed by atoms with Crippen molar-refractivity contribution in [2.45, 2.75) is 32.7 Å². The van der Waals surface area contributed by atoms with Gasteiger partial charge in [-0.05, 0) is 37.8 Å². The Morgan fingerprint density at radius 1 is 1.50 bits per heavy atom. The number of piperidine rings is 1. The van der Waals surface area contributed by atoms with E-state index in [1.54, 1.807) is 10.9 Å². The van der Waals surface area contributed by atoms with Crippen molar-refractivity contribution < 1.29 is 9.21 Å². The number of amides is 2. The molecule has 1 saturated heterocycles. The molecule has 6 nitrogen and oxygen atoms in total. The van der Waals surface area contributed by atoms with Gasteiger partial charge in [0, 0.05) is 25.4 Å². The molecule has 22 heavy (non-hydrogen) atoms. The molecule has 0 aromatic carbocycles. The van der Waals surface area contributed by atoms with Gasteiger partial charge in [0.25, 0.3) is 0 Å². The fraction of sp³-hybridized carbons (Fsp3) is 0.500. The molecule has 6 heteroatoms. The zero-order valence-corrected chi connectivity index (χ0v) is 13.2. The summed E-state index contributed by atoms with van der Waals surface area (Å²) in [4.78, 5) is 14.5. The molecular formula is C16H22N4O2. The van der Waals surface area contributed by atoms with Gasteiger partial charge in [-0.3, -0.25) is 10.00 Å². The van der Waals surface area contributed by atoms with Gasteiger partial charge in [-0.15, -0.1) is 0 Å². The van der Waals surface area contributed by atoms with Crippen molar-refractivity contribution in [3.63, 3.8) is 0 Å². The van der Waals surface area contributed by atoms with Crippen LogP contribution in [0.3, 0.4) is 0 Å². The first-order valence-electron chi connectivity index (χ1n) is 7.66. The van der Waals surface area contributed by atoms with Crippen molar-refractivity contribution >= 4 is 11.8 Å². The average molecular weight is 302 g/mol. The van der Waals surface area contributed by atoms with E-state index in [2.05, 4.69) is 17.3 Å². The SMILES string of the molecule is Cc1cc(NC(=O)N2CC[C@@H](C)C[C@H]2c2ccco2)nn1C. The number of carbonyl (C=O) groups is 1. The summed E-state index contributed by atoms with van der Waals surface area (Å²) in [6.45, 7) is 4.90. The number of urea groups is 1. The van der Waals surface area contributed by atoms with E-state index in [-0.39, 0.29) is 12.1 Å². The molecule has 2 aromatic heterocycles. The van der Waals surface area contributed by atoms with Crippen LogP contribution < -0.4 is 5.32 Å². The Bertz CT molecular complexity index is 628. The van der Waals surface area contributed by atoms with E-state index in [0.29, 0.717) is 11.7 Å². The monoisotopic (exact) mass is 302 g/mol. The molecule has 3 heterocycles. The van der Waals surface area contributed by atoms with Gasteiger partial charge in [-0.2, -0.15) is 5.10 Å². The zero-order chi connectivity index (χ0) is 15.7. The van der Waals surface area contributed by atoms with E-state index in [9.17, 15) is 4.79 Å². The summed E-state index contributed by atoms with van der Waals surface area (Å²) in [6, 6.07) is 5.54. The Balaban J connectivity index is 1.77. The number of aromatic nitrogens is 2. The molecule has 2 amide bonds. The standard InChI is InChI=1S/C16H22N4O2/c1-11-6-7-20(13(9-11)14-5-4-8-22-14)16(21)17-15-10-12(2)19(3)18-15/h4-5,8,10-11,13H,6-7,9H2,1-3H3,(H,17,18,21)/t11-,13+/m1/s1. The first kappa shape index (κ1) is 14.7. The fourth-order valence-electron chi connectivity index (χ4n) is 2.94. The lowest BCUT2D eigenvalue weighted by atomic mass is 9.91. The summed E-state index contributed by atoms with van der Waals surface area (Å²) in [7, 11) is 1.86. The summed E-state index contributed by atoms with van der Waals surface area (Å²) in [5.41, 5.74) is 1.00. The number of hydrogen-bond acceptors (Lipinski definition) is 3. The number of likely N-dealkylation sites (tertiary alicyclic amines) is 1. The maximum atomic E-state index is 12.6. The third kappa shape index (κ3) is 2.86. The van der Waals surface area contributed by atoms with Gasteiger partial charge < -0.3 is 9.32 Å². The molecule has 1 aliphatic heterocycles. The molecule has 0 radical (unpaired) electrons. The molecule has 1 N–H and O–H groups in total. The second-order valence-electron chi connectivity index (χ2n) is 6.08. The Labute approximate surface area is 130 Å². The van der Waals surface area contributed by atoms with Gasteiger partial charge >= 0.3 is 6.03 Å². The molecule has 1 aliphatic rings. The third-order valence-corrected chi connectivity index (χ3v) is 4.35. The van der Waals surface area contributed by atoms with Crippen LogP contribution in [0.4, 0.5) is 10.6 Å². The van der Waals surface area contributed by atoms with Crippen LogP contribution in [0.1, 0.15) is 37.3 Å². The van der Waals surface area contributed by atoms with Gasteiger partial charge in [-0.25, -0.2) is 4.79 Å². The van der Waals surface area contributed by atoms with Gasteiger partial charge in [0.05, 0.1) is 12.3 Å². The normalized spacial score (nSPS) is 21.9. The number of anilines is 1. The lowest BCUT2D eigenvalue weighted by Crippen LogP contribution is -2.42. The first-order chi connectivity index (χ1) is 10.5. The highest BCUT2D eigenvalue weighted by Gasteiger charge is 2.33. The van der Waals surface area contributed by atoms with E-state index in [0.717, 1.165) is 30.8 Å². The molecule has 2 aromatic rings. The number of carbonyl (C=O) groups excluding carboxylic acids is 1. The molecule has 0 aliphatic carbocycles. The van der Waals surface area contributed by atoms with E-state index < -0.39 is 0 Å². The molecule has 1 fully saturated rings. The van der Waals surface area contributed by atoms with E-state index in [1.165, 1.54) is 0 Å². The van der Waals surface area contributed by atoms with Crippen LogP contribution >= 0.6 is 0 Å². The Morgan fingerprint density at radius 3 is 2.95 bits per heavy atom. The smallest absolute Gasteiger partial charge is 0.323 e. The number of hydrogen-bond donors (Lipinski definition) is 1. The van der Waals surface area contributed by atoms with Crippen LogP contribution in [-0.2, 0) is 7.05 Å². The minimum atomic E-state index is -0.119. The average Bonchev–Trinajstić information content (AvgIpc) is 3.09. The van der Waals surface area contributed by atoms with Crippen molar-refractivity contribution in [2.24, 2.45) is 13.0 Å². The summed E-state index contributed by atoms with van der Waals surface area (Å²) in [5.74, 6) is 2.01. The Hall–Kier alpha value is -2.24. The van der Waals surface area contributed by atoms with Crippen molar-refractivity contribution in [3.05, 3.63) is 35.9 Å². The van der Waals surface area contributed by atoms with Gasteiger partial charge in [0.15, 0.2) is 5.82 Å². The van der Waals surface area contributed by atoms with Crippen LogP contribution in [0.5, 0.6) is 0 Å². The van der Waals surface area contributed by atoms with Gasteiger partial charge in [0.1, 0.15) is 5.76 Å². The van der Waals surface area contributed by atoms with Crippen molar-refractivity contribution in [1.82, 2.24) is 14.7 Å². The predicted octanol–water partition coefficient (Wildman–Crippen LogP) is 3.33. The Kier molecular flexibility index (Phi) is 3.92. The largest absolute Gasteiger partial charge is 0.467 e. The molecule has 2 atom stereocenters. The molecule has 118 valence electrons. The van der Waals surface area contributed by atoms with E-state index in [4.69, 9.17) is 4.42 Å². The molecule has 0 unspecified atom stereocenters. The highest BCUT2D eigenvalue weighted by Crippen LogP contribution is 2.34. The number of nitrogens with one attached hydrogen (secondary N) is 1. The number of nitrogens with zero attached hydrogens (tertiary/aromatic N) is 3. The quantitative estimate of drug-likeness (QED) is 0.925. The summed E-state index contributed by atoms with van der Waals surface area (Å²) in [6.07, 6.45) is 3.58. The predicted molar refractivity (Wildman–Crippen MR) is 83.5 cm³/mol. The lowest BCUT2D eigenvalue weighted by Gasteiger charge is -2.37. The summed E-state index contributed by atoms with van der Waals surface area (Å²) < 4.78 is 7.28. The van der Waals surface area contributed by atoms with Crippen molar-refractivity contribution in [3.8, 4) is 0 Å². The fourth-order valence-corrected chi connectivity index (χ4v) is 2.94. The number of rotatable bonds is 2. The van der Waals surface area contributed by atoms with Gasteiger partial charge in [0.2, 0.25) is 0 Å². The third-order valence-electron chi connectivity index (χ3n) is 4.35. The summed E-state index contributed by atoms with van der Waals surface area (Å²) in [5, 5.41) is 7.18. The second kappa shape index (κ2) is 5.87. The highest BCUT2D eigenvalue weighted by atomic mass is 16.3. The van der Waals surface area contributed by atoms with Crippen LogP contribution in [0.25, 0.3) is 0 Å². The molecule has 0 saturated carbocycles. The van der Waals surface area contributed by atoms with Crippen molar-refractivity contribution in [1.29, 1.82) is 0 Å². The van der Waals surface area contributed by atoms with Gasteiger partial charge in [-0.1, -0.05) is 6.92 Å². The molecule has 0 spiro atoms. The lowest BCUT2D eigenvalue weighted by molar-refractivity contribution is 0.129. The van der Waals surface area contributed by atoms with Crippen LogP contribution in [0.2, 0.25) is 0 Å². The zero-order valence-electron chi connectivity index (χ0n) is 13.2. The molecular weight excluding hydrogens is 280 g/mol. The number of furan rings is 1. The number of aryl methyl sites for hydroxylation is 2. The topological polar surface area (TPSA) is 63.3 Å². The van der Waals surface area contributed by atoms with E-state index >= 15 is 0 Å². The van der Waals surface area contributed by atoms with Crippen LogP contribution in [-0.4, -0.2) is 27.3 Å².